The van der Waals surface area contributed by atoms with E-state index in [1.165, 1.54) is 16.8 Å². The second-order valence-corrected chi connectivity index (χ2v) is 8.06. The van der Waals surface area contributed by atoms with Crippen LogP contribution in [-0.4, -0.2) is 26.8 Å². The Kier molecular flexibility index (Phi) is 5.70. The Morgan fingerprint density at radius 1 is 1.10 bits per heavy atom. The molecule has 0 aliphatic heterocycles. The third-order valence-corrected chi connectivity index (χ3v) is 5.75. The number of hydrogen-bond donors (Lipinski definition) is 1. The summed E-state index contributed by atoms with van der Waals surface area (Å²) in [5, 5.41) is 8.44. The zero-order chi connectivity index (χ0) is 21.1. The van der Waals surface area contributed by atoms with Gasteiger partial charge in [0.2, 0.25) is 0 Å². The van der Waals surface area contributed by atoms with Gasteiger partial charge in [0.1, 0.15) is 0 Å². The molecular weight excluding hydrogens is 372 g/mol. The van der Waals surface area contributed by atoms with Crippen molar-refractivity contribution in [3.63, 3.8) is 0 Å². The molecule has 2 aromatic heterocycles. The molecule has 5 nitrogen and oxygen atoms in total. The molecule has 1 amide bonds. The summed E-state index contributed by atoms with van der Waals surface area (Å²) in [5.74, 6) is 0.269. The first kappa shape index (κ1) is 20.0. The van der Waals surface area contributed by atoms with Gasteiger partial charge in [-0.2, -0.15) is 5.10 Å². The number of rotatable bonds is 7. The second-order valence-electron chi connectivity index (χ2n) is 8.06. The fourth-order valence-corrected chi connectivity index (χ4v) is 3.92. The molecule has 30 heavy (non-hydrogen) atoms. The van der Waals surface area contributed by atoms with E-state index in [-0.39, 0.29) is 5.91 Å². The van der Waals surface area contributed by atoms with Crippen molar-refractivity contribution in [1.29, 1.82) is 0 Å². The average molecular weight is 401 g/mol. The first-order valence-electron chi connectivity index (χ1n) is 10.4. The number of carbonyl (C=O) groups is 1. The standard InChI is InChI=1S/C25H28N4O/c1-18(16-28-13-7-12-27-28)15-26-25(30)22-10-11-24-23(14-22)19(2)20(3)29(24)17-21-8-5-4-6-9-21/h4-14,18H,15-17H2,1-3H3,(H,26,30). The smallest absolute Gasteiger partial charge is 0.251 e. The summed E-state index contributed by atoms with van der Waals surface area (Å²) in [7, 11) is 0. The summed E-state index contributed by atoms with van der Waals surface area (Å²) >= 11 is 0. The van der Waals surface area contributed by atoms with Crippen molar-refractivity contribution in [2.24, 2.45) is 5.92 Å². The third kappa shape index (κ3) is 4.15. The van der Waals surface area contributed by atoms with Gasteiger partial charge in [-0.3, -0.25) is 9.48 Å². The van der Waals surface area contributed by atoms with Crippen LogP contribution in [0.25, 0.3) is 10.9 Å². The zero-order valence-corrected chi connectivity index (χ0v) is 17.8. The molecule has 0 radical (unpaired) electrons. The Bertz CT molecular complexity index is 1140. The molecule has 0 fully saturated rings. The van der Waals surface area contributed by atoms with Crippen molar-refractivity contribution < 1.29 is 4.79 Å². The molecule has 4 aromatic rings. The first-order chi connectivity index (χ1) is 14.5. The summed E-state index contributed by atoms with van der Waals surface area (Å²) in [6.45, 7) is 8.62. The highest BCUT2D eigenvalue weighted by Gasteiger charge is 2.15. The first-order valence-corrected chi connectivity index (χ1v) is 10.4. The van der Waals surface area contributed by atoms with E-state index in [1.807, 2.05) is 35.1 Å². The lowest BCUT2D eigenvalue weighted by Gasteiger charge is -2.13. The van der Waals surface area contributed by atoms with Gasteiger partial charge >= 0.3 is 0 Å². The number of fused-ring (bicyclic) bond motifs is 1. The van der Waals surface area contributed by atoms with Gasteiger partial charge in [-0.15, -0.1) is 0 Å². The minimum atomic E-state index is -0.0305. The van der Waals surface area contributed by atoms with E-state index < -0.39 is 0 Å². The normalized spacial score (nSPS) is 12.2. The Morgan fingerprint density at radius 3 is 2.63 bits per heavy atom. The minimum Gasteiger partial charge on any atom is -0.352 e. The predicted molar refractivity (Wildman–Crippen MR) is 121 cm³/mol. The molecule has 2 aromatic carbocycles. The van der Waals surface area contributed by atoms with Crippen molar-refractivity contribution in [2.75, 3.05) is 6.54 Å². The SMILES string of the molecule is Cc1c(C)n(Cc2ccccc2)c2ccc(C(=O)NCC(C)Cn3cccn3)cc12. The van der Waals surface area contributed by atoms with Crippen LogP contribution in [0.3, 0.4) is 0 Å². The number of aryl methyl sites for hydroxylation is 1. The number of nitrogens with one attached hydrogen (secondary N) is 1. The van der Waals surface area contributed by atoms with Gasteiger partial charge in [0.15, 0.2) is 0 Å². The predicted octanol–water partition coefficient (Wildman–Crippen LogP) is 4.57. The fraction of sp³-hybridized carbons (Fsp3) is 0.280. The van der Waals surface area contributed by atoms with Gasteiger partial charge in [0, 0.05) is 54.2 Å². The van der Waals surface area contributed by atoms with Gasteiger partial charge in [0.05, 0.1) is 0 Å². The van der Waals surface area contributed by atoms with Crippen LogP contribution in [0, 0.1) is 19.8 Å². The number of amides is 1. The maximum atomic E-state index is 12.7. The Balaban J connectivity index is 1.50. The highest BCUT2D eigenvalue weighted by atomic mass is 16.1. The molecule has 4 rings (SSSR count). The van der Waals surface area contributed by atoms with E-state index in [4.69, 9.17) is 0 Å². The Hall–Kier alpha value is -3.34. The van der Waals surface area contributed by atoms with E-state index >= 15 is 0 Å². The molecule has 0 bridgehead atoms. The number of aromatic nitrogens is 3. The molecule has 1 N–H and O–H groups in total. The van der Waals surface area contributed by atoms with Crippen LogP contribution in [0.1, 0.15) is 34.1 Å². The van der Waals surface area contributed by atoms with Gasteiger partial charge in [0.25, 0.3) is 5.91 Å². The van der Waals surface area contributed by atoms with E-state index in [9.17, 15) is 4.79 Å². The molecule has 0 spiro atoms. The molecule has 0 saturated carbocycles. The highest BCUT2D eigenvalue weighted by molar-refractivity contribution is 5.99. The summed E-state index contributed by atoms with van der Waals surface area (Å²) in [6, 6.07) is 18.4. The molecule has 0 aliphatic rings. The van der Waals surface area contributed by atoms with Crippen molar-refractivity contribution in [3.05, 3.63) is 89.4 Å². The van der Waals surface area contributed by atoms with E-state index in [1.54, 1.807) is 6.20 Å². The molecule has 1 unspecified atom stereocenters. The largest absolute Gasteiger partial charge is 0.352 e. The average Bonchev–Trinajstić information content (AvgIpc) is 3.35. The Morgan fingerprint density at radius 2 is 1.90 bits per heavy atom. The fourth-order valence-electron chi connectivity index (χ4n) is 3.92. The van der Waals surface area contributed by atoms with E-state index in [0.29, 0.717) is 18.0 Å². The van der Waals surface area contributed by atoms with E-state index in [0.717, 1.165) is 24.0 Å². The van der Waals surface area contributed by atoms with Crippen LogP contribution in [0.4, 0.5) is 0 Å². The lowest BCUT2D eigenvalue weighted by molar-refractivity contribution is 0.0946. The molecule has 1 atom stereocenters. The van der Waals surface area contributed by atoms with E-state index in [2.05, 4.69) is 66.1 Å². The number of carbonyl (C=O) groups excluding carboxylic acids is 1. The quantitative estimate of drug-likeness (QED) is 0.494. The minimum absolute atomic E-state index is 0.0305. The molecule has 0 aliphatic carbocycles. The molecule has 5 heteroatoms. The van der Waals surface area contributed by atoms with Crippen LogP contribution in [0.15, 0.2) is 67.0 Å². The molecular formula is C25H28N4O. The Labute approximate surface area is 177 Å². The summed E-state index contributed by atoms with van der Waals surface area (Å²) < 4.78 is 4.22. The van der Waals surface area contributed by atoms with Crippen molar-refractivity contribution in [3.8, 4) is 0 Å². The second kappa shape index (κ2) is 8.57. The van der Waals surface area contributed by atoms with Crippen LogP contribution < -0.4 is 5.32 Å². The zero-order valence-electron chi connectivity index (χ0n) is 17.8. The number of hydrogen-bond acceptors (Lipinski definition) is 2. The highest BCUT2D eigenvalue weighted by Crippen LogP contribution is 2.27. The van der Waals surface area contributed by atoms with Gasteiger partial charge < -0.3 is 9.88 Å². The van der Waals surface area contributed by atoms with Crippen LogP contribution in [-0.2, 0) is 13.1 Å². The van der Waals surface area contributed by atoms with Crippen LogP contribution in [0.5, 0.6) is 0 Å². The third-order valence-electron chi connectivity index (χ3n) is 5.75. The number of benzene rings is 2. The monoisotopic (exact) mass is 400 g/mol. The van der Waals surface area contributed by atoms with Crippen molar-refractivity contribution in [1.82, 2.24) is 19.7 Å². The van der Waals surface area contributed by atoms with Gasteiger partial charge in [-0.1, -0.05) is 37.3 Å². The maximum absolute atomic E-state index is 12.7. The van der Waals surface area contributed by atoms with Crippen molar-refractivity contribution >= 4 is 16.8 Å². The van der Waals surface area contributed by atoms with Crippen LogP contribution in [0.2, 0.25) is 0 Å². The lowest BCUT2D eigenvalue weighted by atomic mass is 10.1. The number of nitrogens with zero attached hydrogens (tertiary/aromatic N) is 3. The summed E-state index contributed by atoms with van der Waals surface area (Å²) in [6.07, 6.45) is 3.71. The van der Waals surface area contributed by atoms with Gasteiger partial charge in [-0.05, 0) is 55.2 Å². The van der Waals surface area contributed by atoms with Crippen LogP contribution >= 0.6 is 0 Å². The summed E-state index contributed by atoms with van der Waals surface area (Å²) in [4.78, 5) is 12.7. The van der Waals surface area contributed by atoms with Gasteiger partial charge in [-0.25, -0.2) is 0 Å². The molecule has 2 heterocycles. The summed E-state index contributed by atoms with van der Waals surface area (Å²) in [5.41, 5.74) is 5.60. The molecule has 0 saturated heterocycles. The maximum Gasteiger partial charge on any atom is 0.251 e. The topological polar surface area (TPSA) is 51.9 Å². The van der Waals surface area contributed by atoms with Crippen molar-refractivity contribution in [2.45, 2.75) is 33.9 Å². The molecule has 154 valence electrons. The lowest BCUT2D eigenvalue weighted by Crippen LogP contribution is -2.30.